The largest absolute Gasteiger partial charge is 0.358 e. The van der Waals surface area contributed by atoms with E-state index in [0.29, 0.717) is 18.6 Å². The van der Waals surface area contributed by atoms with Crippen molar-refractivity contribution in [2.45, 2.75) is 58.0 Å². The van der Waals surface area contributed by atoms with Gasteiger partial charge in [-0.1, -0.05) is 13.3 Å². The van der Waals surface area contributed by atoms with E-state index in [1.54, 1.807) is 7.05 Å². The highest BCUT2D eigenvalue weighted by Gasteiger charge is 2.21. The van der Waals surface area contributed by atoms with Gasteiger partial charge in [-0.25, -0.2) is 0 Å². The fourth-order valence-corrected chi connectivity index (χ4v) is 2.69. The summed E-state index contributed by atoms with van der Waals surface area (Å²) in [5.74, 6) is 0.118. The normalized spacial score (nSPS) is 21.9. The monoisotopic (exact) mass is 255 g/mol. The van der Waals surface area contributed by atoms with Gasteiger partial charge in [0.2, 0.25) is 5.91 Å². The predicted molar refractivity (Wildman–Crippen MR) is 75.7 cm³/mol. The summed E-state index contributed by atoms with van der Waals surface area (Å²) in [6, 6.07) is 1.11. The van der Waals surface area contributed by atoms with E-state index >= 15 is 0 Å². The molecule has 4 heteroatoms. The van der Waals surface area contributed by atoms with E-state index < -0.39 is 0 Å². The quantitative estimate of drug-likeness (QED) is 0.722. The number of amides is 1. The van der Waals surface area contributed by atoms with Gasteiger partial charge < -0.3 is 10.6 Å². The van der Waals surface area contributed by atoms with Gasteiger partial charge >= 0.3 is 0 Å². The van der Waals surface area contributed by atoms with Crippen molar-refractivity contribution in [1.82, 2.24) is 15.5 Å². The maximum atomic E-state index is 11.5. The van der Waals surface area contributed by atoms with Crippen LogP contribution in [0, 0.1) is 0 Å². The Kier molecular flexibility index (Phi) is 7.28. The number of nitrogens with zero attached hydrogens (tertiary/aromatic N) is 1. The molecule has 1 saturated heterocycles. The van der Waals surface area contributed by atoms with Gasteiger partial charge in [-0.3, -0.25) is 9.69 Å². The van der Waals surface area contributed by atoms with Crippen LogP contribution < -0.4 is 10.6 Å². The van der Waals surface area contributed by atoms with Crippen molar-refractivity contribution < 1.29 is 4.79 Å². The first-order chi connectivity index (χ1) is 8.67. The van der Waals surface area contributed by atoms with Crippen LogP contribution in [0.4, 0.5) is 0 Å². The van der Waals surface area contributed by atoms with Crippen molar-refractivity contribution >= 4 is 5.91 Å². The van der Waals surface area contributed by atoms with Gasteiger partial charge in [0.25, 0.3) is 0 Å². The minimum atomic E-state index is 0.118. The van der Waals surface area contributed by atoms with Crippen LogP contribution in [0.2, 0.25) is 0 Å². The van der Waals surface area contributed by atoms with Crippen molar-refractivity contribution in [3.05, 3.63) is 0 Å². The van der Waals surface area contributed by atoms with E-state index in [4.69, 9.17) is 0 Å². The SMILES string of the molecule is CCCN(CC(=O)NC)C(C)CC1CCCCN1. The van der Waals surface area contributed by atoms with E-state index in [2.05, 4.69) is 29.4 Å². The number of rotatable bonds is 7. The van der Waals surface area contributed by atoms with Crippen molar-refractivity contribution in [2.75, 3.05) is 26.7 Å². The number of likely N-dealkylation sites (N-methyl/N-ethyl adjacent to an activating group) is 1. The number of carbonyl (C=O) groups excluding carboxylic acids is 1. The van der Waals surface area contributed by atoms with E-state index in [-0.39, 0.29) is 5.91 Å². The number of carbonyl (C=O) groups is 1. The van der Waals surface area contributed by atoms with Crippen molar-refractivity contribution in [1.29, 1.82) is 0 Å². The highest BCUT2D eigenvalue weighted by Crippen LogP contribution is 2.15. The van der Waals surface area contributed by atoms with Crippen LogP contribution in [0.3, 0.4) is 0 Å². The first-order valence-corrected chi connectivity index (χ1v) is 7.35. The molecule has 1 aliphatic heterocycles. The minimum Gasteiger partial charge on any atom is -0.358 e. The fourth-order valence-electron chi connectivity index (χ4n) is 2.69. The number of nitrogens with one attached hydrogen (secondary N) is 2. The number of piperidine rings is 1. The zero-order valence-electron chi connectivity index (χ0n) is 12.2. The van der Waals surface area contributed by atoms with E-state index in [1.807, 2.05) is 0 Å². The highest BCUT2D eigenvalue weighted by atomic mass is 16.1. The Morgan fingerprint density at radius 2 is 2.28 bits per heavy atom. The summed E-state index contributed by atoms with van der Waals surface area (Å²) in [5, 5.41) is 6.30. The van der Waals surface area contributed by atoms with Crippen LogP contribution in [0.25, 0.3) is 0 Å². The molecule has 2 N–H and O–H groups in total. The lowest BCUT2D eigenvalue weighted by atomic mass is 9.98. The summed E-state index contributed by atoms with van der Waals surface area (Å²) in [6.07, 6.45) is 6.18. The van der Waals surface area contributed by atoms with Gasteiger partial charge in [0.05, 0.1) is 6.54 Å². The summed E-state index contributed by atoms with van der Waals surface area (Å²) >= 11 is 0. The van der Waals surface area contributed by atoms with Gasteiger partial charge in [0.1, 0.15) is 0 Å². The third kappa shape index (κ3) is 5.36. The molecule has 0 saturated carbocycles. The molecule has 0 aromatic heterocycles. The van der Waals surface area contributed by atoms with Crippen LogP contribution in [-0.2, 0) is 4.79 Å². The third-order valence-electron chi connectivity index (χ3n) is 3.80. The van der Waals surface area contributed by atoms with E-state index in [0.717, 1.165) is 25.9 Å². The summed E-state index contributed by atoms with van der Waals surface area (Å²) in [4.78, 5) is 13.8. The Morgan fingerprint density at radius 3 is 2.83 bits per heavy atom. The van der Waals surface area contributed by atoms with Gasteiger partial charge in [-0.05, 0) is 45.7 Å². The second-order valence-electron chi connectivity index (χ2n) is 5.38. The van der Waals surface area contributed by atoms with Crippen LogP contribution in [-0.4, -0.2) is 49.6 Å². The number of hydrogen-bond donors (Lipinski definition) is 2. The van der Waals surface area contributed by atoms with Crippen LogP contribution in [0.15, 0.2) is 0 Å². The fraction of sp³-hybridized carbons (Fsp3) is 0.929. The average molecular weight is 255 g/mol. The zero-order chi connectivity index (χ0) is 13.4. The highest BCUT2D eigenvalue weighted by molar-refractivity contribution is 5.77. The first-order valence-electron chi connectivity index (χ1n) is 7.35. The summed E-state index contributed by atoms with van der Waals surface area (Å²) in [6.45, 7) is 7.09. The van der Waals surface area contributed by atoms with E-state index in [9.17, 15) is 4.79 Å². The molecule has 2 unspecified atom stereocenters. The lowest BCUT2D eigenvalue weighted by Gasteiger charge is -2.32. The Bertz CT molecular complexity index is 239. The standard InChI is InChI=1S/C14H29N3O/c1-4-9-17(11-14(18)15-3)12(2)10-13-7-5-6-8-16-13/h12-13,16H,4-11H2,1-3H3,(H,15,18). The lowest BCUT2D eigenvalue weighted by molar-refractivity contribution is -0.122. The van der Waals surface area contributed by atoms with Gasteiger partial charge in [-0.2, -0.15) is 0 Å². The van der Waals surface area contributed by atoms with Crippen LogP contribution in [0.1, 0.15) is 46.0 Å². The predicted octanol–water partition coefficient (Wildman–Crippen LogP) is 1.37. The molecule has 1 amide bonds. The Morgan fingerprint density at radius 1 is 1.50 bits per heavy atom. The van der Waals surface area contributed by atoms with E-state index in [1.165, 1.54) is 19.3 Å². The molecule has 0 bridgehead atoms. The minimum absolute atomic E-state index is 0.118. The molecule has 0 aromatic carbocycles. The molecule has 1 fully saturated rings. The molecule has 1 heterocycles. The van der Waals surface area contributed by atoms with Gasteiger partial charge in [-0.15, -0.1) is 0 Å². The molecule has 18 heavy (non-hydrogen) atoms. The summed E-state index contributed by atoms with van der Waals surface area (Å²) in [5.41, 5.74) is 0. The van der Waals surface area contributed by atoms with Crippen molar-refractivity contribution in [3.63, 3.8) is 0 Å². The maximum absolute atomic E-state index is 11.5. The van der Waals surface area contributed by atoms with Gasteiger partial charge in [0.15, 0.2) is 0 Å². The lowest BCUT2D eigenvalue weighted by Crippen LogP contribution is -2.45. The summed E-state index contributed by atoms with van der Waals surface area (Å²) in [7, 11) is 1.71. The second-order valence-corrected chi connectivity index (χ2v) is 5.38. The molecule has 106 valence electrons. The zero-order valence-corrected chi connectivity index (χ0v) is 12.2. The molecule has 0 spiro atoms. The second kappa shape index (κ2) is 8.48. The van der Waals surface area contributed by atoms with Crippen molar-refractivity contribution in [2.24, 2.45) is 0 Å². The maximum Gasteiger partial charge on any atom is 0.233 e. The molecule has 4 nitrogen and oxygen atoms in total. The smallest absolute Gasteiger partial charge is 0.233 e. The Balaban J connectivity index is 2.41. The molecule has 0 radical (unpaired) electrons. The average Bonchev–Trinajstić information content (AvgIpc) is 2.39. The Labute approximate surface area is 111 Å². The molecule has 0 aromatic rings. The summed E-state index contributed by atoms with van der Waals surface area (Å²) < 4.78 is 0. The topological polar surface area (TPSA) is 44.4 Å². The van der Waals surface area contributed by atoms with Crippen LogP contribution in [0.5, 0.6) is 0 Å². The molecular formula is C14H29N3O. The Hall–Kier alpha value is -0.610. The molecule has 2 atom stereocenters. The molecule has 0 aliphatic carbocycles. The third-order valence-corrected chi connectivity index (χ3v) is 3.80. The van der Waals surface area contributed by atoms with Crippen LogP contribution >= 0.6 is 0 Å². The molecule has 1 aliphatic rings. The molecule has 1 rings (SSSR count). The first kappa shape index (κ1) is 15.4. The molecular weight excluding hydrogens is 226 g/mol. The number of hydrogen-bond acceptors (Lipinski definition) is 3. The van der Waals surface area contributed by atoms with Crippen molar-refractivity contribution in [3.8, 4) is 0 Å². The van der Waals surface area contributed by atoms with Gasteiger partial charge in [0, 0.05) is 19.1 Å².